The molecule has 88 valence electrons. The fourth-order valence-electron chi connectivity index (χ4n) is 1.15. The Labute approximate surface area is 89.6 Å². The highest BCUT2D eigenvalue weighted by Gasteiger charge is 2.37. The summed E-state index contributed by atoms with van der Waals surface area (Å²) in [6, 6.07) is 2.78. The Bertz CT molecular complexity index is 381. The number of nitrogens with two attached hydrogens (primary N) is 1. The number of aliphatic hydroxyl groups excluding tert-OH is 1. The van der Waals surface area contributed by atoms with Crippen molar-refractivity contribution in [1.82, 2.24) is 0 Å². The van der Waals surface area contributed by atoms with Gasteiger partial charge in [0.2, 0.25) is 0 Å². The minimum atomic E-state index is -3.45. The van der Waals surface area contributed by atoms with Crippen LogP contribution in [0.5, 0.6) is 0 Å². The molecule has 0 saturated heterocycles. The quantitative estimate of drug-likeness (QED) is 0.603. The molecule has 0 aliphatic rings. The smallest absolute Gasteiger partial charge is 0.289 e. The Morgan fingerprint density at radius 1 is 1.44 bits per heavy atom. The van der Waals surface area contributed by atoms with Crippen molar-refractivity contribution in [3.8, 4) is 0 Å². The van der Waals surface area contributed by atoms with Crippen LogP contribution >= 0.6 is 0 Å². The molecular formula is C9H10F2N2O3. The molecule has 0 bridgehead atoms. The molecule has 0 saturated carbocycles. The molecule has 1 aromatic carbocycles. The zero-order valence-corrected chi connectivity index (χ0v) is 8.14. The lowest BCUT2D eigenvalue weighted by atomic mass is 10.0. The fourth-order valence-corrected chi connectivity index (χ4v) is 1.15. The number of hydrogen-bond donors (Lipinski definition) is 2. The van der Waals surface area contributed by atoms with Crippen LogP contribution in [-0.4, -0.2) is 22.6 Å². The van der Waals surface area contributed by atoms with Crippen LogP contribution in [0.25, 0.3) is 0 Å². The first-order valence-corrected chi connectivity index (χ1v) is 4.37. The predicted molar refractivity (Wildman–Crippen MR) is 52.1 cm³/mol. The van der Waals surface area contributed by atoms with Gasteiger partial charge in [-0.1, -0.05) is 12.1 Å². The molecule has 0 radical (unpaired) electrons. The maximum Gasteiger partial charge on any atom is 0.289 e. The SMILES string of the molecule is N[C@@H](c1ccc([N+](=O)[O-])cc1)C(F)(F)CO. The molecule has 0 aliphatic carbocycles. The van der Waals surface area contributed by atoms with E-state index < -0.39 is 23.5 Å². The molecule has 1 aromatic rings. The number of hydrogen-bond acceptors (Lipinski definition) is 4. The maximum absolute atomic E-state index is 13.0. The van der Waals surface area contributed by atoms with Crippen molar-refractivity contribution in [3.05, 3.63) is 39.9 Å². The summed E-state index contributed by atoms with van der Waals surface area (Å²) in [5.41, 5.74) is 5.06. The largest absolute Gasteiger partial charge is 0.390 e. The summed E-state index contributed by atoms with van der Waals surface area (Å²) in [7, 11) is 0. The summed E-state index contributed by atoms with van der Waals surface area (Å²) in [5.74, 6) is -3.45. The summed E-state index contributed by atoms with van der Waals surface area (Å²) in [6.07, 6.45) is 0. The van der Waals surface area contributed by atoms with E-state index in [1.807, 2.05) is 0 Å². The van der Waals surface area contributed by atoms with E-state index in [9.17, 15) is 18.9 Å². The number of nitro benzene ring substituents is 1. The molecule has 0 fully saturated rings. The topological polar surface area (TPSA) is 89.4 Å². The van der Waals surface area contributed by atoms with E-state index in [2.05, 4.69) is 0 Å². The summed E-state index contributed by atoms with van der Waals surface area (Å²) in [6.45, 7) is -1.37. The van der Waals surface area contributed by atoms with Gasteiger partial charge in [-0.25, -0.2) is 8.78 Å². The molecule has 0 spiro atoms. The maximum atomic E-state index is 13.0. The van der Waals surface area contributed by atoms with Crippen LogP contribution in [0.2, 0.25) is 0 Å². The molecule has 0 unspecified atom stereocenters. The molecule has 0 aliphatic heterocycles. The van der Waals surface area contributed by atoms with E-state index in [1.54, 1.807) is 0 Å². The van der Waals surface area contributed by atoms with Gasteiger partial charge in [0, 0.05) is 12.1 Å². The van der Waals surface area contributed by atoms with Crippen LogP contribution < -0.4 is 5.73 Å². The highest BCUT2D eigenvalue weighted by atomic mass is 19.3. The molecule has 0 aromatic heterocycles. The number of benzene rings is 1. The molecule has 1 atom stereocenters. The van der Waals surface area contributed by atoms with Crippen LogP contribution in [0.15, 0.2) is 24.3 Å². The molecule has 3 N–H and O–H groups in total. The molecule has 1 rings (SSSR count). The van der Waals surface area contributed by atoms with Crippen molar-refractivity contribution in [3.63, 3.8) is 0 Å². The number of alkyl halides is 2. The average molecular weight is 232 g/mol. The minimum Gasteiger partial charge on any atom is -0.390 e. The third-order valence-corrected chi connectivity index (χ3v) is 2.13. The lowest BCUT2D eigenvalue weighted by Crippen LogP contribution is -2.36. The number of non-ortho nitro benzene ring substituents is 1. The second-order valence-electron chi connectivity index (χ2n) is 3.25. The molecule has 0 amide bonds. The molecular weight excluding hydrogens is 222 g/mol. The van der Waals surface area contributed by atoms with Crippen LogP contribution in [0.1, 0.15) is 11.6 Å². The number of halogens is 2. The van der Waals surface area contributed by atoms with Gasteiger partial charge in [0.1, 0.15) is 6.61 Å². The Hall–Kier alpha value is -1.60. The number of rotatable bonds is 4. The summed E-state index contributed by atoms with van der Waals surface area (Å²) < 4.78 is 26.0. The van der Waals surface area contributed by atoms with Crippen molar-refractivity contribution >= 4 is 5.69 Å². The van der Waals surface area contributed by atoms with Gasteiger partial charge in [0.05, 0.1) is 11.0 Å². The summed E-state index contributed by atoms with van der Waals surface area (Å²) >= 11 is 0. The zero-order valence-electron chi connectivity index (χ0n) is 8.14. The lowest BCUT2D eigenvalue weighted by Gasteiger charge is -2.21. The van der Waals surface area contributed by atoms with E-state index in [-0.39, 0.29) is 11.3 Å². The lowest BCUT2D eigenvalue weighted by molar-refractivity contribution is -0.384. The highest BCUT2D eigenvalue weighted by molar-refractivity contribution is 5.34. The van der Waals surface area contributed by atoms with Gasteiger partial charge >= 0.3 is 0 Å². The van der Waals surface area contributed by atoms with Gasteiger partial charge in [0.15, 0.2) is 0 Å². The normalized spacial score (nSPS) is 13.5. The van der Waals surface area contributed by atoms with Crippen LogP contribution in [0.4, 0.5) is 14.5 Å². The van der Waals surface area contributed by atoms with E-state index in [4.69, 9.17) is 10.8 Å². The van der Waals surface area contributed by atoms with Crippen molar-refractivity contribution in [2.75, 3.05) is 6.61 Å². The van der Waals surface area contributed by atoms with Gasteiger partial charge in [-0.3, -0.25) is 10.1 Å². The van der Waals surface area contributed by atoms with Gasteiger partial charge in [-0.2, -0.15) is 0 Å². The molecule has 0 heterocycles. The third-order valence-electron chi connectivity index (χ3n) is 2.13. The Kier molecular flexibility index (Phi) is 3.51. The molecule has 5 nitrogen and oxygen atoms in total. The van der Waals surface area contributed by atoms with Crippen LogP contribution in [-0.2, 0) is 0 Å². The molecule has 16 heavy (non-hydrogen) atoms. The second-order valence-corrected chi connectivity index (χ2v) is 3.25. The van der Waals surface area contributed by atoms with Crippen LogP contribution in [0, 0.1) is 10.1 Å². The fraction of sp³-hybridized carbons (Fsp3) is 0.333. The number of aliphatic hydroxyl groups is 1. The van der Waals surface area contributed by atoms with Crippen LogP contribution in [0.3, 0.4) is 0 Å². The van der Waals surface area contributed by atoms with Crippen molar-refractivity contribution < 1.29 is 18.8 Å². The standard InChI is InChI=1S/C9H10F2N2O3/c10-9(11,5-14)8(12)6-1-3-7(4-2-6)13(15)16/h1-4,8,14H,5,12H2/t8-/m0/s1. The van der Waals surface area contributed by atoms with E-state index >= 15 is 0 Å². The van der Waals surface area contributed by atoms with E-state index in [0.29, 0.717) is 0 Å². The monoisotopic (exact) mass is 232 g/mol. The molecule has 7 heteroatoms. The minimum absolute atomic E-state index is 0.0321. The van der Waals surface area contributed by atoms with Gasteiger partial charge in [-0.05, 0) is 5.56 Å². The van der Waals surface area contributed by atoms with Gasteiger partial charge in [0.25, 0.3) is 11.6 Å². The average Bonchev–Trinajstić information content (AvgIpc) is 2.28. The third kappa shape index (κ3) is 2.50. The van der Waals surface area contributed by atoms with E-state index in [1.165, 1.54) is 0 Å². The van der Waals surface area contributed by atoms with Crippen molar-refractivity contribution in [2.45, 2.75) is 12.0 Å². The zero-order chi connectivity index (χ0) is 12.3. The van der Waals surface area contributed by atoms with Gasteiger partial charge in [-0.15, -0.1) is 0 Å². The predicted octanol–water partition coefficient (Wildman–Crippen LogP) is 1.22. The van der Waals surface area contributed by atoms with Crippen molar-refractivity contribution in [2.24, 2.45) is 5.73 Å². The first-order chi connectivity index (χ1) is 7.38. The number of nitrogens with zero attached hydrogens (tertiary/aromatic N) is 1. The Morgan fingerprint density at radius 3 is 2.31 bits per heavy atom. The van der Waals surface area contributed by atoms with E-state index in [0.717, 1.165) is 24.3 Å². The highest BCUT2D eigenvalue weighted by Crippen LogP contribution is 2.29. The number of nitro groups is 1. The summed E-state index contributed by atoms with van der Waals surface area (Å²) in [5, 5.41) is 18.8. The Balaban J connectivity index is 2.94. The Morgan fingerprint density at radius 2 is 1.94 bits per heavy atom. The first-order valence-electron chi connectivity index (χ1n) is 4.37. The summed E-state index contributed by atoms with van der Waals surface area (Å²) in [4.78, 5) is 9.68. The van der Waals surface area contributed by atoms with Crippen molar-refractivity contribution in [1.29, 1.82) is 0 Å². The van der Waals surface area contributed by atoms with Gasteiger partial charge < -0.3 is 10.8 Å². The first kappa shape index (κ1) is 12.5. The second kappa shape index (κ2) is 4.50.